The van der Waals surface area contributed by atoms with Gasteiger partial charge >= 0.3 is 0 Å². The van der Waals surface area contributed by atoms with Gasteiger partial charge in [-0.1, -0.05) is 42.5 Å². The molecule has 0 spiro atoms. The number of nitrogens with one attached hydrogen (secondary N) is 2. The minimum absolute atomic E-state index is 0.0506. The van der Waals surface area contributed by atoms with E-state index in [9.17, 15) is 4.79 Å². The molecule has 1 saturated carbocycles. The quantitative estimate of drug-likeness (QED) is 0.882. The Morgan fingerprint density at radius 3 is 2.50 bits per heavy atom. The highest BCUT2D eigenvalue weighted by molar-refractivity contribution is 5.86. The maximum atomic E-state index is 12.6. The molecule has 2 aromatic carbocycles. The molecule has 0 aromatic heterocycles. The Hall–Kier alpha value is -2.29. The number of anilines is 1. The van der Waals surface area contributed by atoms with Gasteiger partial charge < -0.3 is 10.6 Å². The van der Waals surface area contributed by atoms with Crippen LogP contribution in [0.1, 0.15) is 35.6 Å². The smallest absolute Gasteiger partial charge is 0.247 e. The number of carbonyl (C=O) groups is 1. The van der Waals surface area contributed by atoms with Gasteiger partial charge in [-0.15, -0.1) is 0 Å². The fourth-order valence-electron chi connectivity index (χ4n) is 2.50. The van der Waals surface area contributed by atoms with Gasteiger partial charge in [0.2, 0.25) is 5.91 Å². The molecule has 0 radical (unpaired) electrons. The number of aryl methyl sites for hydroxylation is 2. The average Bonchev–Trinajstić information content (AvgIpc) is 3.33. The second-order valence-electron chi connectivity index (χ2n) is 6.09. The monoisotopic (exact) mass is 294 g/mol. The molecule has 2 N–H and O–H groups in total. The average molecular weight is 294 g/mol. The molecule has 1 amide bonds. The minimum Gasteiger partial charge on any atom is -0.370 e. The maximum Gasteiger partial charge on any atom is 0.247 e. The van der Waals surface area contributed by atoms with E-state index in [0.717, 1.165) is 29.7 Å². The molecule has 1 aliphatic rings. The number of rotatable bonds is 5. The predicted molar refractivity (Wildman–Crippen MR) is 89.9 cm³/mol. The van der Waals surface area contributed by atoms with E-state index in [0.29, 0.717) is 6.04 Å². The molecule has 0 heterocycles. The molecule has 3 rings (SSSR count). The Bertz CT molecular complexity index is 662. The molecule has 3 nitrogen and oxygen atoms in total. The van der Waals surface area contributed by atoms with Crippen molar-refractivity contribution in [2.75, 3.05) is 5.32 Å². The lowest BCUT2D eigenvalue weighted by molar-refractivity contribution is -0.122. The van der Waals surface area contributed by atoms with Crippen LogP contribution in [0.25, 0.3) is 0 Å². The third-order valence-electron chi connectivity index (χ3n) is 4.01. The SMILES string of the molecule is Cc1ccc(C)c(NC(C(=O)NC2CC2)c2ccccc2)c1. The lowest BCUT2D eigenvalue weighted by Gasteiger charge is -2.21. The summed E-state index contributed by atoms with van der Waals surface area (Å²) in [4.78, 5) is 12.6. The summed E-state index contributed by atoms with van der Waals surface area (Å²) in [7, 11) is 0. The van der Waals surface area contributed by atoms with Crippen molar-refractivity contribution in [3.8, 4) is 0 Å². The number of amides is 1. The summed E-state index contributed by atoms with van der Waals surface area (Å²) >= 11 is 0. The van der Waals surface area contributed by atoms with Gasteiger partial charge in [0, 0.05) is 11.7 Å². The minimum atomic E-state index is -0.359. The van der Waals surface area contributed by atoms with Crippen LogP contribution in [0.2, 0.25) is 0 Å². The standard InChI is InChI=1S/C19H22N2O/c1-13-8-9-14(2)17(12-13)21-18(15-6-4-3-5-7-15)19(22)20-16-10-11-16/h3-9,12,16,18,21H,10-11H2,1-2H3,(H,20,22). The van der Waals surface area contributed by atoms with Crippen LogP contribution in [0.3, 0.4) is 0 Å². The Balaban J connectivity index is 1.87. The van der Waals surface area contributed by atoms with E-state index in [1.165, 1.54) is 5.56 Å². The molecule has 0 bridgehead atoms. The van der Waals surface area contributed by atoms with Crippen molar-refractivity contribution in [3.63, 3.8) is 0 Å². The fraction of sp³-hybridized carbons (Fsp3) is 0.316. The molecule has 0 aliphatic heterocycles. The zero-order valence-corrected chi connectivity index (χ0v) is 13.1. The van der Waals surface area contributed by atoms with E-state index in [4.69, 9.17) is 0 Å². The van der Waals surface area contributed by atoms with Crippen molar-refractivity contribution >= 4 is 11.6 Å². The van der Waals surface area contributed by atoms with Crippen LogP contribution in [0.5, 0.6) is 0 Å². The summed E-state index contributed by atoms with van der Waals surface area (Å²) in [6, 6.07) is 16.2. The van der Waals surface area contributed by atoms with Gasteiger partial charge in [0.25, 0.3) is 0 Å². The van der Waals surface area contributed by atoms with Crippen molar-refractivity contribution in [2.45, 2.75) is 38.8 Å². The zero-order chi connectivity index (χ0) is 15.5. The van der Waals surface area contributed by atoms with E-state index in [-0.39, 0.29) is 11.9 Å². The Morgan fingerprint density at radius 1 is 1.09 bits per heavy atom. The van der Waals surface area contributed by atoms with Gasteiger partial charge in [-0.3, -0.25) is 4.79 Å². The first-order valence-electron chi connectivity index (χ1n) is 7.82. The molecule has 0 saturated heterocycles. The number of hydrogen-bond acceptors (Lipinski definition) is 2. The lowest BCUT2D eigenvalue weighted by atomic mass is 10.0. The van der Waals surface area contributed by atoms with Crippen LogP contribution < -0.4 is 10.6 Å². The van der Waals surface area contributed by atoms with Gasteiger partial charge in [-0.2, -0.15) is 0 Å². The number of benzene rings is 2. The first-order valence-corrected chi connectivity index (χ1v) is 7.82. The van der Waals surface area contributed by atoms with Crippen LogP contribution in [0, 0.1) is 13.8 Å². The van der Waals surface area contributed by atoms with E-state index in [1.54, 1.807) is 0 Å². The zero-order valence-electron chi connectivity index (χ0n) is 13.1. The molecular weight excluding hydrogens is 272 g/mol. The van der Waals surface area contributed by atoms with E-state index in [2.05, 4.69) is 42.7 Å². The second-order valence-corrected chi connectivity index (χ2v) is 6.09. The predicted octanol–water partition coefficient (Wildman–Crippen LogP) is 3.74. The summed E-state index contributed by atoms with van der Waals surface area (Å²) in [6.07, 6.45) is 2.19. The van der Waals surface area contributed by atoms with Crippen LogP contribution in [0.4, 0.5) is 5.69 Å². The van der Waals surface area contributed by atoms with E-state index >= 15 is 0 Å². The Kier molecular flexibility index (Phi) is 4.14. The summed E-state index contributed by atoms with van der Waals surface area (Å²) in [6.45, 7) is 4.12. The van der Waals surface area contributed by atoms with Gasteiger partial charge in [0.05, 0.1) is 0 Å². The topological polar surface area (TPSA) is 41.1 Å². The van der Waals surface area contributed by atoms with Crippen LogP contribution in [-0.4, -0.2) is 11.9 Å². The van der Waals surface area contributed by atoms with E-state index in [1.807, 2.05) is 30.3 Å². The molecule has 114 valence electrons. The highest BCUT2D eigenvalue weighted by Gasteiger charge is 2.28. The van der Waals surface area contributed by atoms with Gasteiger partial charge in [0.15, 0.2) is 0 Å². The maximum absolute atomic E-state index is 12.6. The summed E-state index contributed by atoms with van der Waals surface area (Å²) in [5.74, 6) is 0.0506. The molecule has 1 fully saturated rings. The third-order valence-corrected chi connectivity index (χ3v) is 4.01. The summed E-state index contributed by atoms with van der Waals surface area (Å²) < 4.78 is 0. The molecule has 1 atom stereocenters. The molecule has 3 heteroatoms. The van der Waals surface area contributed by atoms with Crippen molar-refractivity contribution in [1.29, 1.82) is 0 Å². The van der Waals surface area contributed by atoms with Crippen LogP contribution >= 0.6 is 0 Å². The first kappa shape index (κ1) is 14.6. The molecular formula is C19H22N2O. The lowest BCUT2D eigenvalue weighted by Crippen LogP contribution is -2.35. The summed E-state index contributed by atoms with van der Waals surface area (Å²) in [5.41, 5.74) is 4.33. The van der Waals surface area contributed by atoms with Crippen LogP contribution in [0.15, 0.2) is 48.5 Å². The van der Waals surface area contributed by atoms with Crippen molar-refractivity contribution in [2.24, 2.45) is 0 Å². The fourth-order valence-corrected chi connectivity index (χ4v) is 2.50. The highest BCUT2D eigenvalue weighted by atomic mass is 16.2. The first-order chi connectivity index (χ1) is 10.6. The summed E-state index contributed by atoms with van der Waals surface area (Å²) in [5, 5.41) is 6.53. The van der Waals surface area contributed by atoms with Crippen molar-refractivity contribution in [1.82, 2.24) is 5.32 Å². The van der Waals surface area contributed by atoms with Gasteiger partial charge in [-0.05, 0) is 49.4 Å². The molecule has 2 aromatic rings. The molecule has 1 unspecified atom stereocenters. The normalized spacial score (nSPS) is 15.2. The number of carbonyl (C=O) groups excluding carboxylic acids is 1. The molecule has 22 heavy (non-hydrogen) atoms. The Labute approximate surface area is 131 Å². The van der Waals surface area contributed by atoms with Crippen molar-refractivity contribution in [3.05, 3.63) is 65.2 Å². The van der Waals surface area contributed by atoms with Gasteiger partial charge in [-0.25, -0.2) is 0 Å². The van der Waals surface area contributed by atoms with E-state index < -0.39 is 0 Å². The second kappa shape index (κ2) is 6.22. The Morgan fingerprint density at radius 2 is 1.82 bits per heavy atom. The van der Waals surface area contributed by atoms with Crippen LogP contribution in [-0.2, 0) is 4.79 Å². The third kappa shape index (κ3) is 3.48. The largest absolute Gasteiger partial charge is 0.370 e. The number of hydrogen-bond donors (Lipinski definition) is 2. The van der Waals surface area contributed by atoms with Gasteiger partial charge in [0.1, 0.15) is 6.04 Å². The highest BCUT2D eigenvalue weighted by Crippen LogP contribution is 2.26. The molecule has 1 aliphatic carbocycles. The van der Waals surface area contributed by atoms with Crippen molar-refractivity contribution < 1.29 is 4.79 Å².